The van der Waals surface area contributed by atoms with Gasteiger partial charge in [-0.15, -0.1) is 0 Å². The van der Waals surface area contributed by atoms with Crippen LogP contribution in [0.1, 0.15) is 109 Å². The SMILES string of the molecule is CC(C)(C)OC(=O)NC(=N)N(CCOc1cccc(-c2ccc(CN3C(=O)c4ccccc4C3=O)cc2OCCN(C(=N)NC(=O)OC(C)(C)C)C(=O)OC(C)(C)C)c1)C(=O)OC(C)(C)C. The van der Waals surface area contributed by atoms with Gasteiger partial charge in [-0.25, -0.2) is 29.0 Å². The number of nitrogens with one attached hydrogen (secondary N) is 4. The maximum absolute atomic E-state index is 13.4. The van der Waals surface area contributed by atoms with Gasteiger partial charge in [0.15, 0.2) is 0 Å². The fourth-order valence-electron chi connectivity index (χ4n) is 6.00. The molecule has 0 aromatic heterocycles. The maximum atomic E-state index is 13.4. The van der Waals surface area contributed by atoms with Gasteiger partial charge in [0.1, 0.15) is 47.1 Å². The van der Waals surface area contributed by atoms with E-state index in [0.29, 0.717) is 33.6 Å². The van der Waals surface area contributed by atoms with Gasteiger partial charge in [-0.2, -0.15) is 0 Å². The number of alkyl carbamates (subject to hydrolysis) is 2. The number of carbonyl (C=O) groups excluding carboxylic acids is 6. The first-order valence-electron chi connectivity index (χ1n) is 21.1. The van der Waals surface area contributed by atoms with E-state index in [0.717, 1.165) is 14.7 Å². The summed E-state index contributed by atoms with van der Waals surface area (Å²) < 4.78 is 33.9. The van der Waals surface area contributed by atoms with Gasteiger partial charge in [0.25, 0.3) is 11.8 Å². The highest BCUT2D eigenvalue weighted by Crippen LogP contribution is 2.34. The Morgan fingerprint density at radius 1 is 0.561 bits per heavy atom. The molecular weight excluding hydrogens is 855 g/mol. The third kappa shape index (κ3) is 15.5. The minimum absolute atomic E-state index is 0.0907. The molecule has 0 aliphatic carbocycles. The van der Waals surface area contributed by atoms with Crippen molar-refractivity contribution < 1.29 is 57.2 Å². The quantitative estimate of drug-likeness (QED) is 0.0615. The summed E-state index contributed by atoms with van der Waals surface area (Å²) in [5.74, 6) is -1.49. The van der Waals surface area contributed by atoms with Crippen molar-refractivity contribution in [2.75, 3.05) is 26.3 Å². The van der Waals surface area contributed by atoms with Crippen molar-refractivity contribution in [2.45, 2.75) is 112 Å². The van der Waals surface area contributed by atoms with Crippen molar-refractivity contribution in [3.8, 4) is 22.6 Å². The molecule has 0 fully saturated rings. The van der Waals surface area contributed by atoms with E-state index in [1.165, 1.54) is 0 Å². The van der Waals surface area contributed by atoms with Crippen LogP contribution in [0.25, 0.3) is 11.1 Å². The largest absolute Gasteiger partial charge is 0.492 e. The Kier molecular flexibility index (Phi) is 16.2. The zero-order valence-electron chi connectivity index (χ0n) is 39.6. The molecule has 0 atom stereocenters. The Bertz CT molecular complexity index is 2300. The fraction of sp³-hybridized carbons (Fsp3) is 0.447. The molecule has 3 aromatic carbocycles. The van der Waals surface area contributed by atoms with E-state index in [4.69, 9.17) is 39.2 Å². The molecule has 0 bridgehead atoms. The van der Waals surface area contributed by atoms with E-state index >= 15 is 0 Å². The molecule has 356 valence electrons. The van der Waals surface area contributed by atoms with Crippen LogP contribution >= 0.6 is 0 Å². The van der Waals surface area contributed by atoms with Gasteiger partial charge in [0.2, 0.25) is 11.9 Å². The number of hydrogen-bond acceptors (Lipinski definition) is 14. The molecule has 0 radical (unpaired) electrons. The summed E-state index contributed by atoms with van der Waals surface area (Å²) in [7, 11) is 0. The molecule has 0 saturated heterocycles. The van der Waals surface area contributed by atoms with E-state index in [1.807, 2.05) is 0 Å². The number of imide groups is 1. The Morgan fingerprint density at radius 2 is 1.02 bits per heavy atom. The molecule has 1 heterocycles. The predicted octanol–water partition coefficient (Wildman–Crippen LogP) is 8.30. The molecule has 4 rings (SSSR count). The first kappa shape index (κ1) is 51.5. The van der Waals surface area contributed by atoms with Gasteiger partial charge >= 0.3 is 24.4 Å². The molecular formula is C47H61N7O12. The van der Waals surface area contributed by atoms with Crippen LogP contribution in [0.2, 0.25) is 0 Å². The zero-order valence-corrected chi connectivity index (χ0v) is 39.6. The normalized spacial score (nSPS) is 12.6. The van der Waals surface area contributed by atoms with Crippen LogP contribution in [-0.4, -0.2) is 112 Å². The molecule has 66 heavy (non-hydrogen) atoms. The number of benzene rings is 3. The number of amides is 6. The summed E-state index contributed by atoms with van der Waals surface area (Å²) in [5, 5.41) is 21.6. The topological polar surface area (TPSA) is 239 Å². The van der Waals surface area contributed by atoms with Gasteiger partial charge in [-0.3, -0.25) is 35.9 Å². The van der Waals surface area contributed by atoms with E-state index in [2.05, 4.69) is 10.6 Å². The van der Waals surface area contributed by atoms with Crippen molar-refractivity contribution in [2.24, 2.45) is 0 Å². The van der Waals surface area contributed by atoms with Crippen molar-refractivity contribution in [3.63, 3.8) is 0 Å². The number of fused-ring (bicyclic) bond motifs is 1. The minimum atomic E-state index is -0.958. The lowest BCUT2D eigenvalue weighted by Crippen LogP contribution is -2.50. The fourth-order valence-corrected chi connectivity index (χ4v) is 6.00. The second-order valence-corrected chi connectivity index (χ2v) is 19.0. The highest BCUT2D eigenvalue weighted by molar-refractivity contribution is 6.21. The number of rotatable bonds is 11. The molecule has 0 spiro atoms. The average Bonchev–Trinajstić information content (AvgIpc) is 3.39. The van der Waals surface area contributed by atoms with E-state index < -0.39 is 70.5 Å². The molecule has 0 saturated carbocycles. The van der Waals surface area contributed by atoms with Gasteiger partial charge in [0, 0.05) is 5.56 Å². The molecule has 3 aromatic rings. The van der Waals surface area contributed by atoms with Crippen molar-refractivity contribution in [3.05, 3.63) is 83.4 Å². The van der Waals surface area contributed by atoms with Crippen LogP contribution in [0.3, 0.4) is 0 Å². The summed E-state index contributed by atoms with van der Waals surface area (Å²) in [6.45, 7) is 18.9. The summed E-state index contributed by atoms with van der Waals surface area (Å²) in [5.41, 5.74) is -1.38. The number of guanidine groups is 2. The smallest absolute Gasteiger partial charge is 0.417 e. The third-order valence-electron chi connectivity index (χ3n) is 8.57. The van der Waals surface area contributed by atoms with Crippen LogP contribution in [-0.2, 0) is 25.5 Å². The summed E-state index contributed by atoms with van der Waals surface area (Å²) in [6.07, 6.45) is -3.72. The third-order valence-corrected chi connectivity index (χ3v) is 8.57. The van der Waals surface area contributed by atoms with Gasteiger partial charge in [-0.1, -0.05) is 36.4 Å². The lowest BCUT2D eigenvalue weighted by molar-refractivity contribution is 0.0325. The molecule has 1 aliphatic heterocycles. The van der Waals surface area contributed by atoms with Crippen LogP contribution in [0.4, 0.5) is 19.2 Å². The second-order valence-electron chi connectivity index (χ2n) is 19.0. The van der Waals surface area contributed by atoms with Crippen molar-refractivity contribution in [1.29, 1.82) is 10.8 Å². The first-order valence-corrected chi connectivity index (χ1v) is 21.1. The minimum Gasteiger partial charge on any atom is -0.492 e. The van der Waals surface area contributed by atoms with Crippen LogP contribution in [0.5, 0.6) is 11.5 Å². The maximum Gasteiger partial charge on any atom is 0.417 e. The molecule has 6 amide bonds. The van der Waals surface area contributed by atoms with Gasteiger partial charge in [-0.05, 0) is 125 Å². The van der Waals surface area contributed by atoms with Crippen LogP contribution in [0.15, 0.2) is 66.7 Å². The van der Waals surface area contributed by atoms with Crippen molar-refractivity contribution >= 4 is 48.1 Å². The van der Waals surface area contributed by atoms with E-state index in [9.17, 15) is 28.8 Å². The number of ether oxygens (including phenoxy) is 6. The highest BCUT2D eigenvalue weighted by atomic mass is 16.6. The Morgan fingerprint density at radius 3 is 1.47 bits per heavy atom. The number of carbonyl (C=O) groups is 6. The van der Waals surface area contributed by atoms with Crippen molar-refractivity contribution in [1.82, 2.24) is 25.3 Å². The average molecular weight is 916 g/mol. The summed E-state index contributed by atoms with van der Waals surface area (Å²) in [6, 6.07) is 18.5. The first-order chi connectivity index (χ1) is 30.5. The number of hydrogen-bond donors (Lipinski definition) is 4. The van der Waals surface area contributed by atoms with Gasteiger partial charge in [0.05, 0.1) is 30.8 Å². The lowest BCUT2D eigenvalue weighted by Gasteiger charge is -2.28. The summed E-state index contributed by atoms with van der Waals surface area (Å²) in [4.78, 5) is 81.1. The number of nitrogens with zero attached hydrogens (tertiary/aromatic N) is 3. The highest BCUT2D eigenvalue weighted by Gasteiger charge is 2.35. The molecule has 0 unspecified atom stereocenters. The molecule has 19 nitrogen and oxygen atoms in total. The molecule has 4 N–H and O–H groups in total. The van der Waals surface area contributed by atoms with Crippen LogP contribution in [0, 0.1) is 10.8 Å². The van der Waals surface area contributed by atoms with E-state index in [1.54, 1.807) is 150 Å². The molecule has 19 heteroatoms. The Balaban J connectivity index is 1.62. The Labute approximate surface area is 385 Å². The predicted molar refractivity (Wildman–Crippen MR) is 244 cm³/mol. The van der Waals surface area contributed by atoms with Crippen LogP contribution < -0.4 is 20.1 Å². The monoisotopic (exact) mass is 915 g/mol. The zero-order chi connectivity index (χ0) is 49.4. The Hall–Kier alpha value is -7.18. The van der Waals surface area contributed by atoms with E-state index in [-0.39, 0.29) is 38.6 Å². The van der Waals surface area contributed by atoms with Gasteiger partial charge < -0.3 is 28.4 Å². The summed E-state index contributed by atoms with van der Waals surface area (Å²) >= 11 is 0. The lowest BCUT2D eigenvalue weighted by atomic mass is 10.0. The second kappa shape index (κ2) is 20.8. The molecule has 1 aliphatic rings. The standard InChI is InChI=1S/C47H61N7O12/c1-44(2,3)63-40(57)50-38(48)52(42(59)65-46(7,8)9)22-24-61-31-17-15-16-30(27-31)32-21-20-29(28-54-36(55)33-18-13-14-19-34(33)37(54)56)26-35(32)62-25-23-53(43(60)66-47(10,11)12)39(49)51-41(58)64-45(4,5)6/h13-21,26-27H,22-25,28H2,1-12H3,(H2,48,50,57)(H2,49,51,58).